The second kappa shape index (κ2) is 6.73. The number of hydrazone groups is 1. The summed E-state index contributed by atoms with van der Waals surface area (Å²) in [5.41, 5.74) is 2.35. The van der Waals surface area contributed by atoms with E-state index in [9.17, 15) is 23.3 Å². The van der Waals surface area contributed by atoms with Crippen LogP contribution in [-0.2, 0) is 0 Å². The number of halogens is 3. The number of benzene rings is 1. The number of nitrogens with zero attached hydrogens (tertiary/aromatic N) is 3. The van der Waals surface area contributed by atoms with Crippen LogP contribution in [0, 0.1) is 10.1 Å². The first kappa shape index (κ1) is 16.2. The van der Waals surface area contributed by atoms with Crippen molar-refractivity contribution in [2.75, 3.05) is 5.43 Å². The molecule has 23 heavy (non-hydrogen) atoms. The molecule has 2 rings (SSSR count). The molecule has 1 N–H and O–H groups in total. The monoisotopic (exact) mass is 326 g/mol. The molecule has 0 amide bonds. The fraction of sp³-hybridized carbons (Fsp3) is 0.0769. The van der Waals surface area contributed by atoms with Gasteiger partial charge in [-0.15, -0.1) is 13.2 Å². The van der Waals surface area contributed by atoms with E-state index >= 15 is 0 Å². The van der Waals surface area contributed by atoms with E-state index in [4.69, 9.17) is 0 Å². The van der Waals surface area contributed by atoms with Crippen LogP contribution >= 0.6 is 0 Å². The molecule has 0 aliphatic heterocycles. The molecule has 0 fully saturated rings. The molecule has 7 nitrogen and oxygen atoms in total. The topological polar surface area (TPSA) is 89.7 Å². The van der Waals surface area contributed by atoms with E-state index in [1.165, 1.54) is 30.3 Å². The first-order valence-electron chi connectivity index (χ1n) is 6.09. The summed E-state index contributed by atoms with van der Waals surface area (Å²) in [7, 11) is 0. The van der Waals surface area contributed by atoms with Gasteiger partial charge in [-0.05, 0) is 18.2 Å². The molecule has 0 bridgehead atoms. The standard InChI is InChI=1S/C13H9F3N4O3/c14-13(15,16)23-11-4-2-1-3-9(11)7-18-19-12-6-5-10(8-17-12)20(21)22/h1-8H,(H,17,19)/b18-7-. The Hall–Kier alpha value is -3.17. The van der Waals surface area contributed by atoms with Gasteiger partial charge in [-0.25, -0.2) is 4.98 Å². The normalized spacial score (nSPS) is 11.4. The lowest BCUT2D eigenvalue weighted by Gasteiger charge is -2.10. The fourth-order valence-corrected chi connectivity index (χ4v) is 1.53. The lowest BCUT2D eigenvalue weighted by atomic mass is 10.2. The average molecular weight is 326 g/mol. The summed E-state index contributed by atoms with van der Waals surface area (Å²) in [6.45, 7) is 0. The number of hydrogen-bond acceptors (Lipinski definition) is 6. The zero-order valence-corrected chi connectivity index (χ0v) is 11.3. The van der Waals surface area contributed by atoms with Gasteiger partial charge >= 0.3 is 6.36 Å². The third-order valence-electron chi connectivity index (χ3n) is 2.49. The van der Waals surface area contributed by atoms with Crippen molar-refractivity contribution in [3.63, 3.8) is 0 Å². The van der Waals surface area contributed by atoms with Gasteiger partial charge in [0, 0.05) is 11.6 Å². The van der Waals surface area contributed by atoms with E-state index in [0.717, 1.165) is 18.5 Å². The number of anilines is 1. The molecule has 0 radical (unpaired) electrons. The van der Waals surface area contributed by atoms with Crippen molar-refractivity contribution in [3.8, 4) is 5.75 Å². The fourth-order valence-electron chi connectivity index (χ4n) is 1.53. The maximum absolute atomic E-state index is 12.3. The largest absolute Gasteiger partial charge is 0.573 e. The van der Waals surface area contributed by atoms with Crippen molar-refractivity contribution in [1.82, 2.24) is 4.98 Å². The Morgan fingerprint density at radius 1 is 1.26 bits per heavy atom. The van der Waals surface area contributed by atoms with Crippen molar-refractivity contribution in [1.29, 1.82) is 0 Å². The number of nitrogens with one attached hydrogen (secondary N) is 1. The van der Waals surface area contributed by atoms with Crippen LogP contribution in [0.2, 0.25) is 0 Å². The van der Waals surface area contributed by atoms with Crippen LogP contribution in [0.25, 0.3) is 0 Å². The second-order valence-electron chi connectivity index (χ2n) is 4.11. The summed E-state index contributed by atoms with van der Waals surface area (Å²) < 4.78 is 40.7. The Morgan fingerprint density at radius 2 is 2.00 bits per heavy atom. The molecular formula is C13H9F3N4O3. The number of pyridine rings is 1. The van der Waals surface area contributed by atoms with Gasteiger partial charge in [0.2, 0.25) is 0 Å². The van der Waals surface area contributed by atoms with E-state index < -0.39 is 17.0 Å². The van der Waals surface area contributed by atoms with Gasteiger partial charge in [0.05, 0.1) is 11.1 Å². The molecule has 1 aromatic heterocycles. The highest BCUT2D eigenvalue weighted by Crippen LogP contribution is 2.25. The van der Waals surface area contributed by atoms with Gasteiger partial charge in [0.25, 0.3) is 5.69 Å². The van der Waals surface area contributed by atoms with Gasteiger partial charge in [-0.2, -0.15) is 5.10 Å². The highest BCUT2D eigenvalue weighted by molar-refractivity contribution is 5.83. The Balaban J connectivity index is 2.07. The smallest absolute Gasteiger partial charge is 0.405 e. The highest BCUT2D eigenvalue weighted by Gasteiger charge is 2.31. The van der Waals surface area contributed by atoms with Crippen molar-refractivity contribution < 1.29 is 22.8 Å². The number of ether oxygens (including phenoxy) is 1. The van der Waals surface area contributed by atoms with Gasteiger partial charge in [0.15, 0.2) is 0 Å². The van der Waals surface area contributed by atoms with Crippen molar-refractivity contribution in [2.45, 2.75) is 6.36 Å². The third-order valence-corrected chi connectivity index (χ3v) is 2.49. The van der Waals surface area contributed by atoms with E-state index in [0.29, 0.717) is 0 Å². The average Bonchev–Trinajstić information content (AvgIpc) is 2.48. The number of aromatic nitrogens is 1. The van der Waals surface area contributed by atoms with E-state index in [1.807, 2.05) is 0 Å². The Morgan fingerprint density at radius 3 is 2.61 bits per heavy atom. The maximum atomic E-state index is 12.3. The van der Waals surface area contributed by atoms with Gasteiger partial charge < -0.3 is 4.74 Å². The van der Waals surface area contributed by atoms with Crippen LogP contribution in [0.3, 0.4) is 0 Å². The zero-order valence-electron chi connectivity index (χ0n) is 11.3. The minimum atomic E-state index is -4.81. The quantitative estimate of drug-likeness (QED) is 0.517. The van der Waals surface area contributed by atoms with E-state index in [1.54, 1.807) is 0 Å². The molecule has 1 heterocycles. The molecule has 0 saturated heterocycles. The molecule has 0 aliphatic rings. The Labute approximate surface area is 127 Å². The first-order chi connectivity index (χ1) is 10.8. The summed E-state index contributed by atoms with van der Waals surface area (Å²) in [6.07, 6.45) is -2.67. The van der Waals surface area contributed by atoms with E-state index in [-0.39, 0.29) is 17.1 Å². The summed E-state index contributed by atoms with van der Waals surface area (Å²) >= 11 is 0. The minimum Gasteiger partial charge on any atom is -0.405 e. The van der Waals surface area contributed by atoms with Crippen LogP contribution in [0.1, 0.15) is 5.56 Å². The second-order valence-corrected chi connectivity index (χ2v) is 4.11. The van der Waals surface area contributed by atoms with Crippen LogP contribution in [0.4, 0.5) is 24.7 Å². The molecule has 2 aromatic rings. The predicted molar refractivity (Wildman–Crippen MR) is 75.2 cm³/mol. The number of rotatable bonds is 5. The summed E-state index contributed by atoms with van der Waals surface area (Å²) in [5, 5.41) is 14.2. The van der Waals surface area contributed by atoms with E-state index in [2.05, 4.69) is 20.2 Å². The van der Waals surface area contributed by atoms with Crippen LogP contribution in [0.15, 0.2) is 47.7 Å². The Bertz CT molecular complexity index is 717. The first-order valence-corrected chi connectivity index (χ1v) is 6.09. The molecule has 0 saturated carbocycles. The zero-order chi connectivity index (χ0) is 16.9. The molecule has 10 heteroatoms. The molecule has 0 spiro atoms. The van der Waals surface area contributed by atoms with Gasteiger partial charge in [0.1, 0.15) is 17.8 Å². The summed E-state index contributed by atoms with van der Waals surface area (Å²) in [6, 6.07) is 7.98. The van der Waals surface area contributed by atoms with Gasteiger partial charge in [-0.1, -0.05) is 12.1 Å². The number of hydrogen-bond donors (Lipinski definition) is 1. The number of para-hydroxylation sites is 1. The summed E-state index contributed by atoms with van der Waals surface area (Å²) in [5.74, 6) is -0.205. The lowest BCUT2D eigenvalue weighted by Crippen LogP contribution is -2.18. The number of alkyl halides is 3. The summed E-state index contributed by atoms with van der Waals surface area (Å²) in [4.78, 5) is 13.6. The van der Waals surface area contributed by atoms with Crippen LogP contribution < -0.4 is 10.2 Å². The van der Waals surface area contributed by atoms with Crippen molar-refractivity contribution in [3.05, 3.63) is 58.3 Å². The SMILES string of the molecule is O=[N+]([O-])c1ccc(N/N=C\c2ccccc2OC(F)(F)F)nc1. The molecule has 0 aliphatic carbocycles. The molecular weight excluding hydrogens is 317 g/mol. The highest BCUT2D eigenvalue weighted by atomic mass is 19.4. The molecule has 1 aromatic carbocycles. The van der Waals surface area contributed by atoms with Crippen molar-refractivity contribution >= 4 is 17.7 Å². The molecule has 120 valence electrons. The third kappa shape index (κ3) is 4.95. The lowest BCUT2D eigenvalue weighted by molar-refractivity contribution is -0.385. The van der Waals surface area contributed by atoms with Gasteiger partial charge in [-0.3, -0.25) is 15.5 Å². The number of nitro groups is 1. The Kier molecular flexibility index (Phi) is 4.74. The maximum Gasteiger partial charge on any atom is 0.573 e. The van der Waals surface area contributed by atoms with Crippen molar-refractivity contribution in [2.24, 2.45) is 5.10 Å². The minimum absolute atomic E-state index is 0.0965. The molecule has 0 unspecified atom stereocenters. The van der Waals surface area contributed by atoms with Crippen LogP contribution in [-0.4, -0.2) is 22.5 Å². The van der Waals surface area contributed by atoms with Crippen LogP contribution in [0.5, 0.6) is 5.75 Å². The molecule has 0 atom stereocenters. The predicted octanol–water partition coefficient (Wildman–Crippen LogP) is 3.33.